The van der Waals surface area contributed by atoms with Gasteiger partial charge in [0.15, 0.2) is 0 Å². The third-order valence-electron chi connectivity index (χ3n) is 4.85. The number of hydrogen-bond donors (Lipinski definition) is 1. The molecule has 0 saturated carbocycles. The Bertz CT molecular complexity index is 1320. The number of anilines is 1. The van der Waals surface area contributed by atoms with Crippen LogP contribution in [0.2, 0.25) is 5.02 Å². The molecule has 0 aliphatic rings. The molecule has 0 spiro atoms. The number of nitrogens with one attached hydrogen (secondary N) is 1. The third kappa shape index (κ3) is 3.99. The zero-order valence-electron chi connectivity index (χ0n) is 17.2. The maximum absolute atomic E-state index is 12.6. The summed E-state index contributed by atoms with van der Waals surface area (Å²) in [7, 11) is 0. The van der Waals surface area contributed by atoms with Crippen LogP contribution in [0.15, 0.2) is 53.3 Å². The van der Waals surface area contributed by atoms with Crippen molar-refractivity contribution in [2.24, 2.45) is 0 Å². The van der Waals surface area contributed by atoms with Crippen LogP contribution in [0.5, 0.6) is 0 Å². The molecule has 0 fully saturated rings. The summed E-state index contributed by atoms with van der Waals surface area (Å²) in [5.74, 6) is -0.414. The van der Waals surface area contributed by atoms with Crippen LogP contribution < -0.4 is 11.0 Å². The number of halogens is 1. The molecule has 10 heteroatoms. The van der Waals surface area contributed by atoms with Gasteiger partial charge in [-0.3, -0.25) is 4.79 Å². The molecule has 2 heterocycles. The van der Waals surface area contributed by atoms with Crippen LogP contribution in [0.3, 0.4) is 0 Å². The zero-order valence-corrected chi connectivity index (χ0v) is 18.0. The maximum atomic E-state index is 12.6. The first-order chi connectivity index (χ1) is 14.8. The summed E-state index contributed by atoms with van der Waals surface area (Å²) in [6, 6.07) is 14.7. The van der Waals surface area contributed by atoms with Crippen LogP contribution in [0, 0.1) is 20.8 Å². The molecule has 2 aromatic carbocycles. The lowest BCUT2D eigenvalue weighted by atomic mass is 10.2. The summed E-state index contributed by atoms with van der Waals surface area (Å²) < 4.78 is 3.81. The van der Waals surface area contributed by atoms with Crippen molar-refractivity contribution in [2.75, 3.05) is 5.32 Å². The molecule has 0 atom stereocenters. The molecular weight excluding hydrogens is 418 g/mol. The molecule has 4 rings (SSSR count). The molecule has 0 aliphatic carbocycles. The SMILES string of the molecule is Cc1ccc(-n2nc(C)c(NC(=O)Cn3nnn(-c4ccccc4Cl)c3=O)c2C)cc1. The molecule has 0 unspecified atom stereocenters. The van der Waals surface area contributed by atoms with E-state index in [0.29, 0.717) is 22.1 Å². The van der Waals surface area contributed by atoms with Crippen LogP contribution in [-0.4, -0.2) is 35.5 Å². The van der Waals surface area contributed by atoms with Gasteiger partial charge in [-0.15, -0.1) is 0 Å². The van der Waals surface area contributed by atoms with Gasteiger partial charge in [0.1, 0.15) is 6.54 Å². The van der Waals surface area contributed by atoms with Crippen molar-refractivity contribution >= 4 is 23.2 Å². The standard InChI is InChI=1S/C21H20ClN7O2/c1-13-8-10-16(11-9-13)28-15(3)20(14(2)24-28)23-19(30)12-27-21(31)29(26-25-27)18-7-5-4-6-17(18)22/h4-11H,12H2,1-3H3,(H,23,30). The fraction of sp³-hybridized carbons (Fsp3) is 0.190. The third-order valence-corrected chi connectivity index (χ3v) is 5.17. The molecule has 0 radical (unpaired) electrons. The quantitative estimate of drug-likeness (QED) is 0.517. The smallest absolute Gasteiger partial charge is 0.321 e. The monoisotopic (exact) mass is 437 g/mol. The molecule has 0 bridgehead atoms. The van der Waals surface area contributed by atoms with Crippen LogP contribution in [0.25, 0.3) is 11.4 Å². The number of amides is 1. The average molecular weight is 438 g/mol. The van der Waals surface area contributed by atoms with Crippen molar-refractivity contribution < 1.29 is 4.79 Å². The predicted octanol–water partition coefficient (Wildman–Crippen LogP) is 2.83. The lowest BCUT2D eigenvalue weighted by Gasteiger charge is -2.07. The molecule has 1 amide bonds. The van der Waals surface area contributed by atoms with Crippen molar-refractivity contribution in [3.8, 4) is 11.4 Å². The van der Waals surface area contributed by atoms with Gasteiger partial charge in [0.05, 0.1) is 33.5 Å². The van der Waals surface area contributed by atoms with Gasteiger partial charge >= 0.3 is 5.69 Å². The van der Waals surface area contributed by atoms with E-state index in [0.717, 1.165) is 26.3 Å². The topological polar surface area (TPSA) is 99.6 Å². The van der Waals surface area contributed by atoms with Crippen LogP contribution in [0.4, 0.5) is 5.69 Å². The second-order valence-corrected chi connectivity index (χ2v) is 7.53. The highest BCUT2D eigenvalue weighted by Crippen LogP contribution is 2.23. The van der Waals surface area contributed by atoms with Crippen molar-refractivity contribution in [3.05, 3.63) is 81.0 Å². The first-order valence-electron chi connectivity index (χ1n) is 9.56. The number of rotatable bonds is 5. The Morgan fingerprint density at radius 2 is 1.71 bits per heavy atom. The largest absolute Gasteiger partial charge is 0.369 e. The van der Waals surface area contributed by atoms with Gasteiger partial charge in [-0.25, -0.2) is 9.48 Å². The molecule has 0 aliphatic heterocycles. The fourth-order valence-corrected chi connectivity index (χ4v) is 3.44. The van der Waals surface area contributed by atoms with E-state index < -0.39 is 11.6 Å². The van der Waals surface area contributed by atoms with Gasteiger partial charge in [0, 0.05) is 0 Å². The van der Waals surface area contributed by atoms with E-state index in [9.17, 15) is 9.59 Å². The minimum absolute atomic E-state index is 0.294. The molecular formula is C21H20ClN7O2. The van der Waals surface area contributed by atoms with E-state index in [1.165, 1.54) is 0 Å². The number of para-hydroxylation sites is 1. The summed E-state index contributed by atoms with van der Waals surface area (Å²) in [5.41, 5.74) is 3.91. The number of carbonyl (C=O) groups is 1. The highest BCUT2D eigenvalue weighted by Gasteiger charge is 2.18. The summed E-state index contributed by atoms with van der Waals surface area (Å²) >= 11 is 6.12. The van der Waals surface area contributed by atoms with Crippen LogP contribution in [0.1, 0.15) is 17.0 Å². The van der Waals surface area contributed by atoms with Gasteiger partial charge in [0.25, 0.3) is 0 Å². The summed E-state index contributed by atoms with van der Waals surface area (Å²) in [6.07, 6.45) is 0. The van der Waals surface area contributed by atoms with Crippen molar-refractivity contribution in [2.45, 2.75) is 27.3 Å². The zero-order chi connectivity index (χ0) is 22.1. The molecule has 4 aromatic rings. The summed E-state index contributed by atoms with van der Waals surface area (Å²) in [4.78, 5) is 25.2. The second kappa shape index (κ2) is 8.19. The minimum atomic E-state index is -0.563. The van der Waals surface area contributed by atoms with Gasteiger partial charge < -0.3 is 5.32 Å². The summed E-state index contributed by atoms with van der Waals surface area (Å²) in [6.45, 7) is 5.40. The average Bonchev–Trinajstić information content (AvgIpc) is 3.23. The van der Waals surface area contributed by atoms with Crippen molar-refractivity contribution in [1.29, 1.82) is 0 Å². The van der Waals surface area contributed by atoms with Gasteiger partial charge in [-0.1, -0.05) is 41.4 Å². The Hall–Kier alpha value is -3.72. The second-order valence-electron chi connectivity index (χ2n) is 7.12. The van der Waals surface area contributed by atoms with E-state index in [1.54, 1.807) is 28.9 Å². The first-order valence-corrected chi connectivity index (χ1v) is 9.94. The normalized spacial score (nSPS) is 11.0. The van der Waals surface area contributed by atoms with E-state index in [4.69, 9.17) is 11.6 Å². The number of tetrazole rings is 1. The van der Waals surface area contributed by atoms with Gasteiger partial charge in [-0.05, 0) is 55.5 Å². The number of nitrogens with zero attached hydrogens (tertiary/aromatic N) is 6. The number of benzene rings is 2. The van der Waals surface area contributed by atoms with Crippen molar-refractivity contribution in [1.82, 2.24) is 29.6 Å². The van der Waals surface area contributed by atoms with Gasteiger partial charge in [-0.2, -0.15) is 14.5 Å². The van der Waals surface area contributed by atoms with Crippen LogP contribution >= 0.6 is 11.6 Å². The molecule has 158 valence electrons. The van der Waals surface area contributed by atoms with Crippen LogP contribution in [-0.2, 0) is 11.3 Å². The first kappa shape index (κ1) is 20.5. The summed E-state index contributed by atoms with van der Waals surface area (Å²) in [5, 5.41) is 15.3. The van der Waals surface area contributed by atoms with E-state index in [2.05, 4.69) is 20.8 Å². The van der Waals surface area contributed by atoms with Crippen molar-refractivity contribution in [3.63, 3.8) is 0 Å². The number of hydrogen-bond acceptors (Lipinski definition) is 5. The highest BCUT2D eigenvalue weighted by atomic mass is 35.5. The molecule has 1 N–H and O–H groups in total. The fourth-order valence-electron chi connectivity index (χ4n) is 3.22. The Labute approximate surface area is 182 Å². The minimum Gasteiger partial charge on any atom is -0.321 e. The Kier molecular flexibility index (Phi) is 5.43. The Balaban J connectivity index is 1.55. The highest BCUT2D eigenvalue weighted by molar-refractivity contribution is 6.32. The maximum Gasteiger partial charge on any atom is 0.369 e. The number of carbonyl (C=O) groups excluding carboxylic acids is 1. The Morgan fingerprint density at radius 3 is 2.42 bits per heavy atom. The lowest BCUT2D eigenvalue weighted by Crippen LogP contribution is -2.30. The molecule has 9 nitrogen and oxygen atoms in total. The Morgan fingerprint density at radius 1 is 1.00 bits per heavy atom. The van der Waals surface area contributed by atoms with E-state index >= 15 is 0 Å². The number of aryl methyl sites for hydroxylation is 2. The lowest BCUT2D eigenvalue weighted by molar-refractivity contribution is -0.117. The molecule has 2 aromatic heterocycles. The van der Waals surface area contributed by atoms with Gasteiger partial charge in [0.2, 0.25) is 5.91 Å². The van der Waals surface area contributed by atoms with E-state index in [1.807, 2.05) is 45.0 Å². The predicted molar refractivity (Wildman–Crippen MR) is 117 cm³/mol. The number of aromatic nitrogens is 6. The van der Waals surface area contributed by atoms with E-state index in [-0.39, 0.29) is 6.54 Å². The molecule has 31 heavy (non-hydrogen) atoms. The molecule has 0 saturated heterocycles.